The van der Waals surface area contributed by atoms with Gasteiger partial charge in [-0.05, 0) is 67.8 Å². The van der Waals surface area contributed by atoms with Gasteiger partial charge in [-0.25, -0.2) is 0 Å². The molecule has 192 valence electrons. The summed E-state index contributed by atoms with van der Waals surface area (Å²) >= 11 is 6.06. The second-order valence-electron chi connectivity index (χ2n) is 9.20. The number of carbonyl (C=O) groups is 1. The lowest BCUT2D eigenvalue weighted by molar-refractivity contribution is -0.189. The van der Waals surface area contributed by atoms with Crippen LogP contribution in [0.4, 0.5) is 24.5 Å². The van der Waals surface area contributed by atoms with Gasteiger partial charge in [0, 0.05) is 53.7 Å². The van der Waals surface area contributed by atoms with Crippen LogP contribution in [0, 0.1) is 0 Å². The standard InChI is InChI=1S/C27H30ClF3N4O/c1-2-3-14-34-15-11-22(12-16-34)35(26(36)27(29,30)31)18-19-4-7-21(8-5-19)33-24-10-13-32-25-17-20(28)6-9-23(24)25/h4-10,13,17,22H,2-3,11-12,14-16,18H2,1H3,(H,32,33). The second-order valence-corrected chi connectivity index (χ2v) is 9.64. The Balaban J connectivity index is 1.46. The summed E-state index contributed by atoms with van der Waals surface area (Å²) in [5, 5.41) is 4.83. The van der Waals surface area contributed by atoms with Gasteiger partial charge >= 0.3 is 12.1 Å². The summed E-state index contributed by atoms with van der Waals surface area (Å²) in [5.41, 5.74) is 3.02. The van der Waals surface area contributed by atoms with Gasteiger partial charge in [-0.2, -0.15) is 13.2 Å². The molecule has 0 bridgehead atoms. The van der Waals surface area contributed by atoms with E-state index in [1.807, 2.05) is 12.1 Å². The number of nitrogens with one attached hydrogen (secondary N) is 1. The number of halogens is 4. The minimum Gasteiger partial charge on any atom is -0.355 e. The Bertz CT molecular complexity index is 1180. The number of amides is 1. The summed E-state index contributed by atoms with van der Waals surface area (Å²) in [6.45, 7) is 4.41. The number of rotatable bonds is 8. The van der Waals surface area contributed by atoms with Crippen LogP contribution in [0.3, 0.4) is 0 Å². The highest BCUT2D eigenvalue weighted by atomic mass is 35.5. The van der Waals surface area contributed by atoms with E-state index in [0.717, 1.165) is 46.6 Å². The first-order valence-electron chi connectivity index (χ1n) is 12.2. The van der Waals surface area contributed by atoms with E-state index in [4.69, 9.17) is 11.6 Å². The Morgan fingerprint density at radius 3 is 2.53 bits per heavy atom. The Morgan fingerprint density at radius 2 is 1.86 bits per heavy atom. The number of carbonyl (C=O) groups excluding carboxylic acids is 1. The van der Waals surface area contributed by atoms with Crippen molar-refractivity contribution < 1.29 is 18.0 Å². The molecule has 2 heterocycles. The van der Waals surface area contributed by atoms with Gasteiger partial charge in [0.1, 0.15) is 0 Å². The number of aromatic nitrogens is 1. The third-order valence-corrected chi connectivity index (χ3v) is 6.85. The molecule has 1 aliphatic heterocycles. The van der Waals surface area contributed by atoms with E-state index in [-0.39, 0.29) is 6.54 Å². The van der Waals surface area contributed by atoms with Gasteiger partial charge < -0.3 is 15.1 Å². The topological polar surface area (TPSA) is 48.5 Å². The molecule has 0 aliphatic carbocycles. The lowest BCUT2D eigenvalue weighted by Crippen LogP contribution is -2.51. The maximum absolute atomic E-state index is 13.4. The Morgan fingerprint density at radius 1 is 1.14 bits per heavy atom. The summed E-state index contributed by atoms with van der Waals surface area (Å²) in [5.74, 6) is -1.77. The number of alkyl halides is 3. The molecule has 0 radical (unpaired) electrons. The molecule has 1 amide bonds. The van der Waals surface area contributed by atoms with Gasteiger partial charge in [-0.15, -0.1) is 0 Å². The van der Waals surface area contributed by atoms with Crippen LogP contribution in [0.1, 0.15) is 38.2 Å². The predicted molar refractivity (Wildman–Crippen MR) is 137 cm³/mol. The van der Waals surface area contributed by atoms with Crippen LogP contribution >= 0.6 is 11.6 Å². The fourth-order valence-electron chi connectivity index (χ4n) is 4.64. The molecule has 9 heteroatoms. The largest absolute Gasteiger partial charge is 0.471 e. The summed E-state index contributed by atoms with van der Waals surface area (Å²) in [6, 6.07) is 14.0. The van der Waals surface area contributed by atoms with Crippen LogP contribution in [0.25, 0.3) is 10.9 Å². The quantitative estimate of drug-likeness (QED) is 0.357. The Labute approximate surface area is 214 Å². The van der Waals surface area contributed by atoms with Crippen LogP contribution in [-0.4, -0.2) is 52.5 Å². The van der Waals surface area contributed by atoms with Crippen molar-refractivity contribution >= 4 is 39.8 Å². The van der Waals surface area contributed by atoms with Gasteiger partial charge in [0.15, 0.2) is 0 Å². The molecule has 1 N–H and O–H groups in total. The van der Waals surface area contributed by atoms with Crippen LogP contribution in [0.2, 0.25) is 5.02 Å². The minimum absolute atomic E-state index is 0.0745. The number of hydrogen-bond donors (Lipinski definition) is 1. The van der Waals surface area contributed by atoms with E-state index in [1.54, 1.807) is 42.6 Å². The minimum atomic E-state index is -4.90. The van der Waals surface area contributed by atoms with E-state index in [2.05, 4.69) is 22.1 Å². The number of fused-ring (bicyclic) bond motifs is 1. The molecule has 1 aromatic heterocycles. The Hall–Kier alpha value is -2.84. The Kier molecular flexibility index (Phi) is 8.36. The summed E-state index contributed by atoms with van der Waals surface area (Å²) in [4.78, 5) is 20.0. The predicted octanol–water partition coefficient (Wildman–Crippen LogP) is 6.79. The average molecular weight is 519 g/mol. The molecule has 4 rings (SSSR count). The molecule has 0 unspecified atom stereocenters. The molecule has 0 saturated carbocycles. The summed E-state index contributed by atoms with van der Waals surface area (Å²) in [7, 11) is 0. The lowest BCUT2D eigenvalue weighted by atomic mass is 10.0. The number of hydrogen-bond acceptors (Lipinski definition) is 4. The van der Waals surface area contributed by atoms with E-state index in [9.17, 15) is 18.0 Å². The molecule has 1 saturated heterocycles. The van der Waals surface area contributed by atoms with Gasteiger partial charge in [-0.3, -0.25) is 9.78 Å². The van der Waals surface area contributed by atoms with E-state index < -0.39 is 18.1 Å². The molecule has 2 aromatic carbocycles. The molecule has 0 spiro atoms. The molecule has 0 atom stereocenters. The van der Waals surface area contributed by atoms with E-state index in [1.165, 1.54) is 0 Å². The van der Waals surface area contributed by atoms with Crippen molar-refractivity contribution in [3.05, 3.63) is 65.3 Å². The fraction of sp³-hybridized carbons (Fsp3) is 0.407. The first-order valence-corrected chi connectivity index (χ1v) is 12.6. The first kappa shape index (κ1) is 26.2. The fourth-order valence-corrected chi connectivity index (χ4v) is 4.81. The first-order chi connectivity index (χ1) is 17.2. The number of nitrogens with zero attached hydrogens (tertiary/aromatic N) is 3. The zero-order chi connectivity index (χ0) is 25.7. The molecular weight excluding hydrogens is 489 g/mol. The second kappa shape index (κ2) is 11.5. The van der Waals surface area contributed by atoms with Crippen molar-refractivity contribution in [2.45, 2.75) is 51.4 Å². The van der Waals surface area contributed by atoms with Gasteiger partial charge in [0.2, 0.25) is 0 Å². The van der Waals surface area contributed by atoms with Crippen LogP contribution in [-0.2, 0) is 11.3 Å². The number of unbranched alkanes of at least 4 members (excludes halogenated alkanes) is 1. The maximum atomic E-state index is 13.4. The smallest absolute Gasteiger partial charge is 0.355 e. The SMILES string of the molecule is CCCCN1CCC(N(Cc2ccc(Nc3ccnc4cc(Cl)ccc34)cc2)C(=O)C(F)(F)F)CC1. The highest BCUT2D eigenvalue weighted by molar-refractivity contribution is 6.31. The number of anilines is 2. The normalized spacial score (nSPS) is 15.2. The maximum Gasteiger partial charge on any atom is 0.471 e. The van der Waals surface area contributed by atoms with Crippen molar-refractivity contribution in [3.8, 4) is 0 Å². The zero-order valence-corrected chi connectivity index (χ0v) is 20.9. The van der Waals surface area contributed by atoms with Gasteiger partial charge in [0.25, 0.3) is 0 Å². The molecule has 5 nitrogen and oxygen atoms in total. The third kappa shape index (κ3) is 6.48. The van der Waals surface area contributed by atoms with Crippen molar-refractivity contribution in [2.75, 3.05) is 25.0 Å². The highest BCUT2D eigenvalue weighted by Crippen LogP contribution is 2.29. The van der Waals surface area contributed by atoms with E-state index in [0.29, 0.717) is 36.5 Å². The monoisotopic (exact) mass is 518 g/mol. The van der Waals surface area contributed by atoms with Crippen LogP contribution in [0.5, 0.6) is 0 Å². The third-order valence-electron chi connectivity index (χ3n) is 6.62. The highest BCUT2D eigenvalue weighted by Gasteiger charge is 2.45. The molecule has 1 aliphatic rings. The van der Waals surface area contributed by atoms with Crippen molar-refractivity contribution in [1.29, 1.82) is 0 Å². The van der Waals surface area contributed by atoms with E-state index >= 15 is 0 Å². The van der Waals surface area contributed by atoms with Crippen molar-refractivity contribution in [1.82, 2.24) is 14.8 Å². The summed E-state index contributed by atoms with van der Waals surface area (Å²) < 4.78 is 40.3. The molecule has 3 aromatic rings. The van der Waals surface area contributed by atoms with Crippen LogP contribution < -0.4 is 5.32 Å². The zero-order valence-electron chi connectivity index (χ0n) is 20.2. The molecule has 36 heavy (non-hydrogen) atoms. The summed E-state index contributed by atoms with van der Waals surface area (Å²) in [6.07, 6.45) is 0.0266. The lowest BCUT2D eigenvalue weighted by Gasteiger charge is -2.39. The number of pyridine rings is 1. The van der Waals surface area contributed by atoms with Crippen molar-refractivity contribution in [3.63, 3.8) is 0 Å². The van der Waals surface area contributed by atoms with Gasteiger partial charge in [-0.1, -0.05) is 37.1 Å². The van der Waals surface area contributed by atoms with Crippen molar-refractivity contribution in [2.24, 2.45) is 0 Å². The van der Waals surface area contributed by atoms with Crippen LogP contribution in [0.15, 0.2) is 54.7 Å². The number of likely N-dealkylation sites (tertiary alicyclic amines) is 1. The molecule has 1 fully saturated rings. The average Bonchev–Trinajstić information content (AvgIpc) is 2.86. The number of piperidine rings is 1. The van der Waals surface area contributed by atoms with Gasteiger partial charge in [0.05, 0.1) is 5.52 Å². The number of benzene rings is 2. The molecular formula is C27H30ClF3N4O.